The van der Waals surface area contributed by atoms with Crippen LogP contribution < -0.4 is 0 Å². The number of carbonyl (C=O) groups is 1. The minimum Gasteiger partial charge on any atom is -0.459 e. The maximum atomic E-state index is 13.8. The van der Waals surface area contributed by atoms with Gasteiger partial charge in [0.05, 0.1) is 33.0 Å². The molecule has 0 amide bonds. The molecule has 4 aromatic carbocycles. The average molecular weight is 613 g/mol. The monoisotopic (exact) mass is 612 g/mol. The molecule has 1 heterocycles. The van der Waals surface area contributed by atoms with Gasteiger partial charge in [0.2, 0.25) is 0 Å². The van der Waals surface area contributed by atoms with Gasteiger partial charge in [-0.05, 0) is 22.3 Å². The largest absolute Gasteiger partial charge is 0.459 e. The molecular weight excluding hydrogens is 572 g/mol. The van der Waals surface area contributed by atoms with Crippen LogP contribution in [0, 0.1) is 0 Å². The maximum Gasteiger partial charge on any atom is 0.338 e. The first-order chi connectivity index (χ1) is 22.2. The van der Waals surface area contributed by atoms with Crippen molar-refractivity contribution in [2.24, 2.45) is 0 Å². The van der Waals surface area contributed by atoms with Crippen molar-refractivity contribution in [3.63, 3.8) is 0 Å². The maximum absolute atomic E-state index is 13.8. The summed E-state index contributed by atoms with van der Waals surface area (Å²) in [6.07, 6.45) is -4.49. The molecule has 8 nitrogen and oxygen atoms in total. The highest BCUT2D eigenvalue weighted by molar-refractivity contribution is 5.76. The summed E-state index contributed by atoms with van der Waals surface area (Å²) in [5.74, 6) is -0.577. The van der Waals surface area contributed by atoms with Gasteiger partial charge in [0, 0.05) is 7.11 Å². The molecule has 0 unspecified atom stereocenters. The van der Waals surface area contributed by atoms with Crippen LogP contribution in [0.1, 0.15) is 22.3 Å². The number of carbonyl (C=O) groups excluding carboxylic acids is 1. The topological polar surface area (TPSA) is 81.7 Å². The van der Waals surface area contributed by atoms with Gasteiger partial charge in [-0.2, -0.15) is 0 Å². The fourth-order valence-electron chi connectivity index (χ4n) is 5.04. The van der Waals surface area contributed by atoms with E-state index in [1.165, 1.54) is 0 Å². The van der Waals surface area contributed by atoms with Crippen molar-refractivity contribution in [1.82, 2.24) is 0 Å². The van der Waals surface area contributed by atoms with Crippen LogP contribution in [0.25, 0.3) is 0 Å². The molecule has 0 aliphatic carbocycles. The van der Waals surface area contributed by atoms with E-state index >= 15 is 0 Å². The summed E-state index contributed by atoms with van der Waals surface area (Å²) in [6, 6.07) is 38.9. The molecule has 0 N–H and O–H groups in total. The third-order valence-corrected chi connectivity index (χ3v) is 7.38. The highest BCUT2D eigenvalue weighted by Gasteiger charge is 2.52. The Hall–Kier alpha value is -3.89. The standard InChI is InChI=1S/C37H40O8/c1-39-22-23-40-37-35(43-26-30-18-10-4-11-19-30)33(42-25-29-16-8-3-9-17-29)32(41-24-28-14-6-2-7-15-28)34(45-37)36(38)44-27-31-20-12-5-13-21-31/h2-21,32-35,37H,22-27H2,1H3/t32-,33-,34-,35+,37+/m0/s1. The predicted octanol–water partition coefficient (Wildman–Crippen LogP) is 5.87. The second-order valence-corrected chi connectivity index (χ2v) is 10.7. The van der Waals surface area contributed by atoms with E-state index < -0.39 is 36.7 Å². The number of esters is 1. The van der Waals surface area contributed by atoms with Gasteiger partial charge in [-0.3, -0.25) is 0 Å². The zero-order valence-electron chi connectivity index (χ0n) is 25.4. The third kappa shape index (κ3) is 9.80. The van der Waals surface area contributed by atoms with Gasteiger partial charge in [0.25, 0.3) is 0 Å². The van der Waals surface area contributed by atoms with Gasteiger partial charge in [-0.15, -0.1) is 0 Å². The lowest BCUT2D eigenvalue weighted by atomic mass is 9.97. The van der Waals surface area contributed by atoms with Gasteiger partial charge in [-0.1, -0.05) is 121 Å². The van der Waals surface area contributed by atoms with E-state index in [0.29, 0.717) is 6.61 Å². The average Bonchev–Trinajstić information content (AvgIpc) is 3.10. The minimum absolute atomic E-state index is 0.0869. The van der Waals surface area contributed by atoms with Crippen molar-refractivity contribution >= 4 is 5.97 Å². The summed E-state index contributed by atoms with van der Waals surface area (Å²) < 4.78 is 43.1. The number of methoxy groups -OCH3 is 1. The smallest absolute Gasteiger partial charge is 0.338 e. The second kappa shape index (κ2) is 17.6. The van der Waals surface area contributed by atoms with Crippen LogP contribution in [0.4, 0.5) is 0 Å². The first-order valence-electron chi connectivity index (χ1n) is 15.1. The summed E-state index contributed by atoms with van der Waals surface area (Å²) >= 11 is 0. The predicted molar refractivity (Wildman–Crippen MR) is 168 cm³/mol. The van der Waals surface area contributed by atoms with Crippen LogP contribution in [0.2, 0.25) is 0 Å². The van der Waals surface area contributed by atoms with E-state index in [4.69, 9.17) is 33.2 Å². The Morgan fingerprint density at radius 2 is 0.956 bits per heavy atom. The highest BCUT2D eigenvalue weighted by atomic mass is 16.7. The lowest BCUT2D eigenvalue weighted by molar-refractivity contribution is -0.321. The second-order valence-electron chi connectivity index (χ2n) is 10.7. The Labute approximate surface area is 264 Å². The zero-order chi connectivity index (χ0) is 31.1. The molecule has 0 spiro atoms. The minimum atomic E-state index is -1.15. The molecule has 0 saturated carbocycles. The van der Waals surface area contributed by atoms with E-state index in [0.717, 1.165) is 22.3 Å². The number of rotatable bonds is 16. The SMILES string of the molecule is COCCO[C@@H]1O[C@H](C(=O)OCc2ccccc2)[C@@H](OCc2ccccc2)[C@H](OCc2ccccc2)[C@H]1OCc1ccccc1. The molecule has 45 heavy (non-hydrogen) atoms. The van der Waals surface area contributed by atoms with Crippen molar-refractivity contribution in [1.29, 1.82) is 0 Å². The molecule has 1 aliphatic rings. The number of ether oxygens (including phenoxy) is 7. The Kier molecular flexibility index (Phi) is 12.7. The summed E-state index contributed by atoms with van der Waals surface area (Å²) in [5.41, 5.74) is 3.74. The number of hydrogen-bond donors (Lipinski definition) is 0. The van der Waals surface area contributed by atoms with E-state index in [-0.39, 0.29) is 33.0 Å². The Morgan fingerprint density at radius 3 is 1.42 bits per heavy atom. The highest BCUT2D eigenvalue weighted by Crippen LogP contribution is 2.32. The van der Waals surface area contributed by atoms with E-state index in [9.17, 15) is 4.79 Å². The fourth-order valence-corrected chi connectivity index (χ4v) is 5.04. The Balaban J connectivity index is 1.45. The van der Waals surface area contributed by atoms with E-state index in [2.05, 4.69) is 0 Å². The molecule has 1 saturated heterocycles. The van der Waals surface area contributed by atoms with Gasteiger partial charge >= 0.3 is 5.97 Å². The molecule has 0 radical (unpaired) electrons. The summed E-state index contributed by atoms with van der Waals surface area (Å²) in [5, 5.41) is 0. The van der Waals surface area contributed by atoms with Crippen molar-refractivity contribution in [2.75, 3.05) is 20.3 Å². The molecule has 8 heteroatoms. The van der Waals surface area contributed by atoms with Crippen LogP contribution in [-0.2, 0) is 64.4 Å². The summed E-state index contributed by atoms with van der Waals surface area (Å²) in [7, 11) is 1.59. The lowest BCUT2D eigenvalue weighted by Crippen LogP contribution is -2.63. The van der Waals surface area contributed by atoms with Crippen LogP contribution in [0.3, 0.4) is 0 Å². The number of hydrogen-bond acceptors (Lipinski definition) is 8. The van der Waals surface area contributed by atoms with Crippen LogP contribution >= 0.6 is 0 Å². The van der Waals surface area contributed by atoms with Crippen LogP contribution in [0.15, 0.2) is 121 Å². The Bertz CT molecular complexity index is 1390. The van der Waals surface area contributed by atoms with Crippen molar-refractivity contribution < 1.29 is 38.0 Å². The first-order valence-corrected chi connectivity index (χ1v) is 15.1. The van der Waals surface area contributed by atoms with Crippen molar-refractivity contribution in [3.05, 3.63) is 144 Å². The van der Waals surface area contributed by atoms with Crippen molar-refractivity contribution in [3.8, 4) is 0 Å². The van der Waals surface area contributed by atoms with Gasteiger partial charge in [0.1, 0.15) is 24.9 Å². The molecule has 5 atom stereocenters. The quantitative estimate of drug-likeness (QED) is 0.115. The Morgan fingerprint density at radius 1 is 0.533 bits per heavy atom. The fraction of sp³-hybridized carbons (Fsp3) is 0.324. The molecule has 0 aromatic heterocycles. The molecule has 1 aliphatic heterocycles. The molecule has 0 bridgehead atoms. The van der Waals surface area contributed by atoms with E-state index in [1.54, 1.807) is 7.11 Å². The summed E-state index contributed by atoms with van der Waals surface area (Å²) in [4.78, 5) is 13.8. The van der Waals surface area contributed by atoms with E-state index in [1.807, 2.05) is 121 Å². The third-order valence-electron chi connectivity index (χ3n) is 7.38. The van der Waals surface area contributed by atoms with Crippen LogP contribution in [-0.4, -0.2) is 57.0 Å². The lowest BCUT2D eigenvalue weighted by Gasteiger charge is -2.45. The molecule has 1 fully saturated rings. The molecule has 236 valence electrons. The number of benzene rings is 4. The zero-order valence-corrected chi connectivity index (χ0v) is 25.4. The summed E-state index contributed by atoms with van der Waals surface area (Å²) in [6.45, 7) is 1.40. The van der Waals surface area contributed by atoms with Gasteiger partial charge < -0.3 is 33.2 Å². The van der Waals surface area contributed by atoms with Gasteiger partial charge in [-0.25, -0.2) is 4.79 Å². The van der Waals surface area contributed by atoms with Crippen molar-refractivity contribution in [2.45, 2.75) is 57.1 Å². The normalized spacial score (nSPS) is 21.3. The first kappa shape index (κ1) is 32.5. The van der Waals surface area contributed by atoms with Crippen LogP contribution in [0.5, 0.6) is 0 Å². The molecular formula is C37H40O8. The van der Waals surface area contributed by atoms with Gasteiger partial charge in [0.15, 0.2) is 12.4 Å². The molecule has 5 rings (SSSR count). The molecule has 4 aromatic rings.